The molecule has 3 atom stereocenters. The molecule has 3 aliphatic rings. The van der Waals surface area contributed by atoms with Crippen molar-refractivity contribution in [3.05, 3.63) is 48.2 Å². The Kier molecular flexibility index (Phi) is 8.30. The number of fused-ring (bicyclic) bond motifs is 4. The van der Waals surface area contributed by atoms with E-state index in [2.05, 4.69) is 73.9 Å². The molecule has 2 aromatic heterocycles. The Bertz CT molecular complexity index is 1580. The van der Waals surface area contributed by atoms with Crippen LogP contribution < -0.4 is 20.3 Å². The molecular weight excluding hydrogens is 529 g/mol. The van der Waals surface area contributed by atoms with Crippen LogP contribution in [0.2, 0.25) is 0 Å². The first kappa shape index (κ1) is 27.8. The van der Waals surface area contributed by atoms with Gasteiger partial charge in [-0.25, -0.2) is 0 Å². The average molecular weight is 568 g/mol. The number of pyridine rings is 1. The molecule has 3 aliphatic heterocycles. The predicted molar refractivity (Wildman–Crippen MR) is 169 cm³/mol. The Balaban J connectivity index is 0.000000449. The van der Waals surface area contributed by atoms with Crippen molar-refractivity contribution in [3.8, 4) is 23.3 Å². The van der Waals surface area contributed by atoms with Crippen LogP contribution in [-0.2, 0) is 6.42 Å². The maximum absolute atomic E-state index is 9.17. The minimum Gasteiger partial charge on any atom is -0.467 e. The highest BCUT2D eigenvalue weighted by molar-refractivity contribution is 7.28. The lowest BCUT2D eigenvalue weighted by Crippen LogP contribution is -2.51. The van der Waals surface area contributed by atoms with Gasteiger partial charge in [0.15, 0.2) is 0 Å². The predicted octanol–water partition coefficient (Wildman–Crippen LogP) is 4.46. The number of methoxy groups -OCH3 is 1. The molecule has 5 heterocycles. The summed E-state index contributed by atoms with van der Waals surface area (Å²) in [4.78, 5) is 19.2. The van der Waals surface area contributed by atoms with Crippen molar-refractivity contribution >= 4 is 42.0 Å². The highest BCUT2D eigenvalue weighted by Crippen LogP contribution is 2.35. The van der Waals surface area contributed by atoms with Crippen LogP contribution in [-0.4, -0.2) is 72.3 Å². The number of aromatic nitrogens is 3. The van der Waals surface area contributed by atoms with Gasteiger partial charge in [-0.2, -0.15) is 15.2 Å². The Hall–Kier alpha value is -3.37. The zero-order chi connectivity index (χ0) is 28.3. The lowest BCUT2D eigenvalue weighted by Gasteiger charge is -2.34. The normalized spacial score (nSPS) is 20.2. The van der Waals surface area contributed by atoms with E-state index in [1.165, 1.54) is 38.8 Å². The minimum atomic E-state index is 0.367. The van der Waals surface area contributed by atoms with E-state index >= 15 is 0 Å². The number of hydrogen-bond acceptors (Lipinski definition) is 8. The van der Waals surface area contributed by atoms with E-state index in [0.29, 0.717) is 30.9 Å². The number of anilines is 1. The molecule has 9 heteroatoms. The molecule has 8 nitrogen and oxygen atoms in total. The van der Waals surface area contributed by atoms with Gasteiger partial charge in [0.05, 0.1) is 29.8 Å². The Morgan fingerprint density at radius 2 is 1.80 bits per heavy atom. The molecule has 0 aliphatic carbocycles. The number of piperazine rings is 1. The standard InChI is InChI=1S/C27H27N6OP.C5H11N/c1-34-27-31-24-21(26(32-27)33-14-18-10-11-19(15-33)30-18)13-29-23(25(24)35)20-9-3-7-16-5-2-6-17(22(16)20)8-4-12-28;1-6-4-2-3-5-6/h2-3,5-7,9,13,18-19,30H,4,8,10-11,14-15,35H2,1H3;2-5H2,1H3. The smallest absolute Gasteiger partial charge is 0.318 e. The molecule has 0 saturated carbocycles. The van der Waals surface area contributed by atoms with Crippen LogP contribution in [0.3, 0.4) is 0 Å². The molecule has 0 radical (unpaired) electrons. The molecule has 2 aromatic carbocycles. The summed E-state index contributed by atoms with van der Waals surface area (Å²) in [5.74, 6) is 0.889. The van der Waals surface area contributed by atoms with Gasteiger partial charge in [-0.15, -0.1) is 9.24 Å². The summed E-state index contributed by atoms with van der Waals surface area (Å²) in [7, 11) is 6.65. The van der Waals surface area contributed by atoms with Gasteiger partial charge in [0.1, 0.15) is 5.82 Å². The molecule has 0 amide bonds. The molecule has 3 saturated heterocycles. The van der Waals surface area contributed by atoms with Gasteiger partial charge < -0.3 is 19.9 Å². The van der Waals surface area contributed by atoms with Crippen molar-refractivity contribution in [1.82, 2.24) is 25.2 Å². The van der Waals surface area contributed by atoms with Gasteiger partial charge in [-0.05, 0) is 68.6 Å². The van der Waals surface area contributed by atoms with Crippen LogP contribution in [0.4, 0.5) is 5.82 Å². The van der Waals surface area contributed by atoms with Gasteiger partial charge in [-0.1, -0.05) is 36.4 Å². The van der Waals surface area contributed by atoms with Crippen molar-refractivity contribution in [2.24, 2.45) is 0 Å². The second kappa shape index (κ2) is 12.2. The third kappa shape index (κ3) is 5.72. The molecule has 3 fully saturated rings. The number of rotatable bonds is 5. The lowest BCUT2D eigenvalue weighted by molar-refractivity contribution is 0.380. The fourth-order valence-corrected chi connectivity index (χ4v) is 6.93. The summed E-state index contributed by atoms with van der Waals surface area (Å²) >= 11 is 0. The third-order valence-corrected chi connectivity index (χ3v) is 9.07. The van der Waals surface area contributed by atoms with Gasteiger partial charge in [0.2, 0.25) is 0 Å². The summed E-state index contributed by atoms with van der Waals surface area (Å²) in [6.45, 7) is 4.48. The first-order chi connectivity index (χ1) is 20.1. The zero-order valence-corrected chi connectivity index (χ0v) is 25.1. The third-order valence-electron chi connectivity index (χ3n) is 8.52. The van der Waals surface area contributed by atoms with Crippen molar-refractivity contribution in [2.45, 2.75) is 50.6 Å². The van der Waals surface area contributed by atoms with E-state index in [1.807, 2.05) is 6.20 Å². The van der Waals surface area contributed by atoms with E-state index in [0.717, 1.165) is 62.7 Å². The first-order valence-corrected chi connectivity index (χ1v) is 15.2. The number of nitrogens with one attached hydrogen (secondary N) is 1. The van der Waals surface area contributed by atoms with Crippen LogP contribution in [0.25, 0.3) is 32.9 Å². The summed E-state index contributed by atoms with van der Waals surface area (Å²) < 4.78 is 5.53. The van der Waals surface area contributed by atoms with Crippen molar-refractivity contribution in [3.63, 3.8) is 0 Å². The van der Waals surface area contributed by atoms with Crippen molar-refractivity contribution in [2.75, 3.05) is 45.2 Å². The van der Waals surface area contributed by atoms with Crippen LogP contribution in [0.15, 0.2) is 42.6 Å². The maximum Gasteiger partial charge on any atom is 0.318 e. The molecule has 212 valence electrons. The maximum atomic E-state index is 9.17. The summed E-state index contributed by atoms with van der Waals surface area (Å²) in [5, 5.41) is 17.0. The van der Waals surface area contributed by atoms with Gasteiger partial charge in [-0.3, -0.25) is 4.98 Å². The highest BCUT2D eigenvalue weighted by Gasteiger charge is 2.34. The Morgan fingerprint density at radius 1 is 1.07 bits per heavy atom. The van der Waals surface area contributed by atoms with E-state index in [4.69, 9.17) is 25.0 Å². The molecular formula is C32H38N7OP. The van der Waals surface area contributed by atoms with Crippen LogP contribution in [0, 0.1) is 11.3 Å². The van der Waals surface area contributed by atoms with E-state index < -0.39 is 0 Å². The monoisotopic (exact) mass is 567 g/mol. The largest absolute Gasteiger partial charge is 0.467 e. The highest BCUT2D eigenvalue weighted by atomic mass is 31.0. The number of likely N-dealkylation sites (tertiary alicyclic amines) is 1. The van der Waals surface area contributed by atoms with Crippen LogP contribution >= 0.6 is 9.24 Å². The first-order valence-electron chi connectivity index (χ1n) is 14.6. The Morgan fingerprint density at radius 3 is 2.46 bits per heavy atom. The minimum absolute atomic E-state index is 0.367. The van der Waals surface area contributed by atoms with Crippen molar-refractivity contribution < 1.29 is 4.74 Å². The Labute approximate surface area is 244 Å². The molecule has 0 spiro atoms. The summed E-state index contributed by atoms with van der Waals surface area (Å²) in [5.41, 5.74) is 3.90. The fourth-order valence-electron chi connectivity index (χ4n) is 6.48. The molecule has 3 unspecified atom stereocenters. The molecule has 7 rings (SSSR count). The summed E-state index contributed by atoms with van der Waals surface area (Å²) in [6, 6.07) is 16.2. The number of nitrogens with zero attached hydrogens (tertiary/aromatic N) is 6. The molecule has 2 bridgehead atoms. The second-order valence-electron chi connectivity index (χ2n) is 11.3. The number of ether oxygens (including phenoxy) is 1. The number of aryl methyl sites for hydroxylation is 1. The van der Waals surface area contributed by atoms with Gasteiger partial charge >= 0.3 is 6.01 Å². The fraction of sp³-hybridized carbons (Fsp3) is 0.438. The summed E-state index contributed by atoms with van der Waals surface area (Å²) in [6.07, 6.45) is 8.32. The number of nitriles is 1. The van der Waals surface area contributed by atoms with Crippen LogP contribution in [0.1, 0.15) is 37.7 Å². The SMILES string of the molecule is CN1CCCC1.COc1nc(N2CC3CCC(C2)N3)c2cnc(-c3cccc4cccc(CCC#N)c34)c(P)c2n1. The van der Waals surface area contributed by atoms with E-state index in [1.54, 1.807) is 7.11 Å². The lowest BCUT2D eigenvalue weighted by atomic mass is 9.94. The molecule has 41 heavy (non-hydrogen) atoms. The number of benzene rings is 2. The van der Waals surface area contributed by atoms with Crippen LogP contribution in [0.5, 0.6) is 6.01 Å². The number of hydrogen-bond donors (Lipinski definition) is 1. The average Bonchev–Trinajstić information content (AvgIpc) is 3.62. The molecule has 1 N–H and O–H groups in total. The zero-order valence-electron chi connectivity index (χ0n) is 23.9. The topological polar surface area (TPSA) is 90.2 Å². The van der Waals surface area contributed by atoms with Gasteiger partial charge in [0, 0.05) is 48.7 Å². The van der Waals surface area contributed by atoms with Crippen molar-refractivity contribution in [1.29, 1.82) is 5.26 Å². The van der Waals surface area contributed by atoms with E-state index in [9.17, 15) is 0 Å². The quantitative estimate of drug-likeness (QED) is 0.354. The second-order valence-corrected chi connectivity index (χ2v) is 11.9. The van der Waals surface area contributed by atoms with E-state index in [-0.39, 0.29) is 0 Å². The molecule has 4 aromatic rings. The van der Waals surface area contributed by atoms with Gasteiger partial charge in [0.25, 0.3) is 0 Å².